The topological polar surface area (TPSA) is 50.9 Å². The quantitative estimate of drug-likeness (QED) is 0.728. The van der Waals surface area contributed by atoms with Gasteiger partial charge in [0.2, 0.25) is 0 Å². The Kier molecular flexibility index (Phi) is 3.28. The lowest BCUT2D eigenvalue weighted by atomic mass is 10.1. The average Bonchev–Trinajstić information content (AvgIpc) is 2.44. The van der Waals surface area contributed by atoms with Gasteiger partial charge in [-0.25, -0.2) is 4.39 Å². The number of para-hydroxylation sites is 1. The monoisotopic (exact) mass is 331 g/mol. The molecule has 100 valence electrons. The predicted molar refractivity (Wildman–Crippen MR) is 83.5 cm³/mol. The van der Waals surface area contributed by atoms with E-state index in [-0.39, 0.29) is 5.82 Å². The van der Waals surface area contributed by atoms with Crippen LogP contribution in [0.2, 0.25) is 0 Å². The minimum absolute atomic E-state index is 0.327. The van der Waals surface area contributed by atoms with Gasteiger partial charge in [-0.05, 0) is 30.3 Å². The maximum absolute atomic E-state index is 13.8. The number of rotatable bonds is 2. The van der Waals surface area contributed by atoms with Gasteiger partial charge >= 0.3 is 0 Å². The first kappa shape index (κ1) is 12.9. The summed E-state index contributed by atoms with van der Waals surface area (Å²) in [4.78, 5) is 4.27. The van der Waals surface area contributed by atoms with Crippen LogP contribution in [-0.4, -0.2) is 4.98 Å². The number of halogens is 2. The zero-order chi connectivity index (χ0) is 14.1. The van der Waals surface area contributed by atoms with E-state index >= 15 is 0 Å². The van der Waals surface area contributed by atoms with Crippen LogP contribution in [0.15, 0.2) is 53.1 Å². The Morgan fingerprint density at radius 1 is 1.15 bits per heavy atom. The van der Waals surface area contributed by atoms with Gasteiger partial charge in [0.15, 0.2) is 0 Å². The molecule has 0 fully saturated rings. The van der Waals surface area contributed by atoms with Crippen LogP contribution in [0.25, 0.3) is 10.9 Å². The van der Waals surface area contributed by atoms with Crippen molar-refractivity contribution in [3.63, 3.8) is 0 Å². The molecule has 0 aliphatic heterocycles. The fourth-order valence-electron chi connectivity index (χ4n) is 2.02. The average molecular weight is 332 g/mol. The van der Waals surface area contributed by atoms with Crippen molar-refractivity contribution >= 4 is 43.9 Å². The van der Waals surface area contributed by atoms with Crippen molar-refractivity contribution in [3.05, 3.63) is 59.0 Å². The lowest BCUT2D eigenvalue weighted by Crippen LogP contribution is -2.00. The maximum Gasteiger partial charge on any atom is 0.146 e. The van der Waals surface area contributed by atoms with E-state index in [9.17, 15) is 4.39 Å². The van der Waals surface area contributed by atoms with Gasteiger partial charge in [-0.1, -0.05) is 28.1 Å². The van der Waals surface area contributed by atoms with Gasteiger partial charge in [0.25, 0.3) is 0 Å². The summed E-state index contributed by atoms with van der Waals surface area (Å²) in [5.74, 6) is -0.327. The van der Waals surface area contributed by atoms with E-state index in [1.165, 1.54) is 6.07 Å². The summed E-state index contributed by atoms with van der Waals surface area (Å²) in [7, 11) is 0. The molecule has 5 heteroatoms. The van der Waals surface area contributed by atoms with Crippen molar-refractivity contribution < 1.29 is 4.39 Å². The minimum atomic E-state index is -0.327. The molecule has 3 nitrogen and oxygen atoms in total. The summed E-state index contributed by atoms with van der Waals surface area (Å²) in [5.41, 5.74) is 8.27. The Balaban J connectivity index is 2.17. The van der Waals surface area contributed by atoms with E-state index < -0.39 is 0 Å². The molecule has 2 aromatic carbocycles. The van der Waals surface area contributed by atoms with Gasteiger partial charge in [0.05, 0.1) is 28.8 Å². The van der Waals surface area contributed by atoms with Crippen LogP contribution < -0.4 is 11.1 Å². The highest BCUT2D eigenvalue weighted by Crippen LogP contribution is 2.33. The Bertz CT molecular complexity index is 784. The molecule has 0 amide bonds. The molecule has 0 spiro atoms. The largest absolute Gasteiger partial charge is 0.396 e. The van der Waals surface area contributed by atoms with Crippen LogP contribution in [0.4, 0.5) is 21.5 Å². The van der Waals surface area contributed by atoms with Crippen LogP contribution in [0.5, 0.6) is 0 Å². The van der Waals surface area contributed by atoms with E-state index in [4.69, 9.17) is 5.73 Å². The van der Waals surface area contributed by atoms with Crippen LogP contribution in [0.1, 0.15) is 0 Å². The molecule has 0 radical (unpaired) electrons. The second kappa shape index (κ2) is 5.09. The number of aromatic nitrogens is 1. The predicted octanol–water partition coefficient (Wildman–Crippen LogP) is 4.46. The first-order valence-corrected chi connectivity index (χ1v) is 6.80. The normalized spacial score (nSPS) is 10.7. The molecule has 3 aromatic rings. The molecule has 0 aliphatic carbocycles. The Morgan fingerprint density at radius 3 is 2.75 bits per heavy atom. The SMILES string of the molecule is Nc1cnc2ccc(Br)cc2c1Nc1ccccc1F. The van der Waals surface area contributed by atoms with E-state index in [0.717, 1.165) is 15.4 Å². The van der Waals surface area contributed by atoms with Gasteiger partial charge in [-0.15, -0.1) is 0 Å². The second-order valence-corrected chi connectivity index (χ2v) is 5.27. The van der Waals surface area contributed by atoms with Crippen LogP contribution in [0, 0.1) is 5.82 Å². The molecule has 0 atom stereocenters. The highest BCUT2D eigenvalue weighted by atomic mass is 79.9. The highest BCUT2D eigenvalue weighted by Gasteiger charge is 2.09. The molecule has 3 N–H and O–H groups in total. The number of anilines is 3. The number of fused-ring (bicyclic) bond motifs is 1. The molecule has 0 aliphatic rings. The number of nitrogen functional groups attached to an aromatic ring is 1. The number of hydrogen-bond donors (Lipinski definition) is 2. The molecule has 1 heterocycles. The third-order valence-corrected chi connectivity index (χ3v) is 3.49. The van der Waals surface area contributed by atoms with Gasteiger partial charge in [0.1, 0.15) is 5.82 Å². The smallest absolute Gasteiger partial charge is 0.146 e. The lowest BCUT2D eigenvalue weighted by molar-refractivity contribution is 0.632. The van der Waals surface area contributed by atoms with Crippen LogP contribution in [0.3, 0.4) is 0 Å². The van der Waals surface area contributed by atoms with E-state index in [2.05, 4.69) is 26.2 Å². The molecule has 0 bridgehead atoms. The maximum atomic E-state index is 13.8. The van der Waals surface area contributed by atoms with Gasteiger partial charge in [-0.3, -0.25) is 4.98 Å². The third-order valence-electron chi connectivity index (χ3n) is 2.99. The number of pyridine rings is 1. The lowest BCUT2D eigenvalue weighted by Gasteiger charge is -2.13. The molecule has 20 heavy (non-hydrogen) atoms. The Hall–Kier alpha value is -2.14. The summed E-state index contributed by atoms with van der Waals surface area (Å²) < 4.78 is 14.7. The highest BCUT2D eigenvalue weighted by molar-refractivity contribution is 9.10. The van der Waals surface area contributed by atoms with Gasteiger partial charge < -0.3 is 11.1 Å². The summed E-state index contributed by atoms with van der Waals surface area (Å²) >= 11 is 3.42. The molecule has 0 saturated carbocycles. The summed E-state index contributed by atoms with van der Waals surface area (Å²) in [5, 5.41) is 3.89. The molecule has 0 unspecified atom stereocenters. The number of nitrogens with two attached hydrogens (primary N) is 1. The summed E-state index contributed by atoms with van der Waals surface area (Å²) in [6.07, 6.45) is 1.57. The molecule has 1 aromatic heterocycles. The second-order valence-electron chi connectivity index (χ2n) is 4.35. The number of benzene rings is 2. The van der Waals surface area contributed by atoms with Crippen molar-refractivity contribution in [1.29, 1.82) is 0 Å². The van der Waals surface area contributed by atoms with E-state index in [1.54, 1.807) is 24.4 Å². The molecule has 3 rings (SSSR count). The van der Waals surface area contributed by atoms with E-state index in [0.29, 0.717) is 17.1 Å². The van der Waals surface area contributed by atoms with E-state index in [1.807, 2.05) is 18.2 Å². The first-order valence-electron chi connectivity index (χ1n) is 6.00. The van der Waals surface area contributed by atoms with Crippen molar-refractivity contribution in [2.75, 3.05) is 11.1 Å². The molecule has 0 saturated heterocycles. The zero-order valence-electron chi connectivity index (χ0n) is 10.4. The first-order chi connectivity index (χ1) is 9.65. The molecular formula is C15H11BrFN3. The Labute approximate surface area is 123 Å². The molecular weight excluding hydrogens is 321 g/mol. The van der Waals surface area contributed by atoms with Gasteiger partial charge in [-0.2, -0.15) is 0 Å². The standard InChI is InChI=1S/C15H11BrFN3/c16-9-5-6-13-10(7-9)15(12(18)8-19-13)20-14-4-2-1-3-11(14)17/h1-8H,18H2,(H,19,20). The fourth-order valence-corrected chi connectivity index (χ4v) is 2.38. The third kappa shape index (κ3) is 2.32. The van der Waals surface area contributed by atoms with Gasteiger partial charge in [0, 0.05) is 9.86 Å². The number of nitrogens with one attached hydrogen (secondary N) is 1. The van der Waals surface area contributed by atoms with Crippen LogP contribution in [-0.2, 0) is 0 Å². The fraction of sp³-hybridized carbons (Fsp3) is 0. The summed E-state index contributed by atoms with van der Waals surface area (Å²) in [6.45, 7) is 0. The van der Waals surface area contributed by atoms with Crippen molar-refractivity contribution in [1.82, 2.24) is 4.98 Å². The van der Waals surface area contributed by atoms with Crippen molar-refractivity contribution in [3.8, 4) is 0 Å². The van der Waals surface area contributed by atoms with Crippen molar-refractivity contribution in [2.45, 2.75) is 0 Å². The summed E-state index contributed by atoms with van der Waals surface area (Å²) in [6, 6.07) is 12.2. The number of nitrogens with zero attached hydrogens (tertiary/aromatic N) is 1. The Morgan fingerprint density at radius 2 is 1.95 bits per heavy atom. The van der Waals surface area contributed by atoms with Crippen molar-refractivity contribution in [2.24, 2.45) is 0 Å². The number of hydrogen-bond acceptors (Lipinski definition) is 3. The zero-order valence-corrected chi connectivity index (χ0v) is 12.0. The van der Waals surface area contributed by atoms with Crippen LogP contribution >= 0.6 is 15.9 Å². The minimum Gasteiger partial charge on any atom is -0.396 e.